The fraction of sp³-hybridized carbons (Fsp3) is 0.500. The zero-order valence-electron chi connectivity index (χ0n) is 14.3. The number of hydrogen-bond donors (Lipinski definition) is 1. The molecule has 1 N–H and O–H groups in total. The number of nitrogens with one attached hydrogen (secondary N) is 1. The van der Waals surface area contributed by atoms with Gasteiger partial charge in [0.25, 0.3) is 0 Å². The lowest BCUT2D eigenvalue weighted by Crippen LogP contribution is -2.42. The summed E-state index contributed by atoms with van der Waals surface area (Å²) in [6, 6.07) is 6.14. The Morgan fingerprint density at radius 2 is 2.08 bits per heavy atom. The molecule has 132 valence electrons. The number of rotatable bonds is 4. The number of nitrogens with zero attached hydrogens (tertiary/aromatic N) is 4. The van der Waals surface area contributed by atoms with Crippen LogP contribution in [0.25, 0.3) is 0 Å². The SMILES string of the molecule is CCc1nc2n(n1)CCC[C@@H]2N[C@@H]1CCN(c2ccccc2F)C1=O. The van der Waals surface area contributed by atoms with E-state index < -0.39 is 0 Å². The molecule has 1 saturated heterocycles. The molecule has 0 aliphatic carbocycles. The minimum absolute atomic E-state index is 0.0241. The molecule has 1 aromatic heterocycles. The smallest absolute Gasteiger partial charge is 0.244 e. The topological polar surface area (TPSA) is 63.1 Å². The maximum Gasteiger partial charge on any atom is 0.244 e. The zero-order valence-corrected chi connectivity index (χ0v) is 14.3. The van der Waals surface area contributed by atoms with Gasteiger partial charge in [-0.15, -0.1) is 0 Å². The van der Waals surface area contributed by atoms with Crippen molar-refractivity contribution in [1.82, 2.24) is 20.1 Å². The quantitative estimate of drug-likeness (QED) is 0.924. The van der Waals surface area contributed by atoms with Gasteiger partial charge in [-0.3, -0.25) is 10.1 Å². The number of amides is 1. The largest absolute Gasteiger partial charge is 0.308 e. The lowest BCUT2D eigenvalue weighted by molar-refractivity contribution is -0.119. The third kappa shape index (κ3) is 2.93. The van der Waals surface area contributed by atoms with Gasteiger partial charge in [0.15, 0.2) is 5.82 Å². The highest BCUT2D eigenvalue weighted by Gasteiger charge is 2.36. The summed E-state index contributed by atoms with van der Waals surface area (Å²) in [7, 11) is 0. The van der Waals surface area contributed by atoms with Crippen molar-refractivity contribution in [3.05, 3.63) is 41.7 Å². The fourth-order valence-corrected chi connectivity index (χ4v) is 3.69. The van der Waals surface area contributed by atoms with Gasteiger partial charge in [-0.05, 0) is 31.4 Å². The van der Waals surface area contributed by atoms with E-state index in [2.05, 4.69) is 15.4 Å². The number of hydrogen-bond acceptors (Lipinski definition) is 4. The molecule has 1 fully saturated rings. The van der Waals surface area contributed by atoms with E-state index in [-0.39, 0.29) is 23.8 Å². The maximum absolute atomic E-state index is 14.0. The number of para-hydroxylation sites is 1. The van der Waals surface area contributed by atoms with E-state index >= 15 is 0 Å². The van der Waals surface area contributed by atoms with E-state index in [1.54, 1.807) is 18.2 Å². The lowest BCUT2D eigenvalue weighted by atomic mass is 10.1. The summed E-state index contributed by atoms with van der Waals surface area (Å²) in [6.45, 7) is 3.44. The van der Waals surface area contributed by atoms with Crippen molar-refractivity contribution < 1.29 is 9.18 Å². The van der Waals surface area contributed by atoms with E-state index in [0.29, 0.717) is 18.7 Å². The third-order valence-electron chi connectivity index (χ3n) is 4.99. The zero-order chi connectivity index (χ0) is 17.4. The van der Waals surface area contributed by atoms with Crippen LogP contribution in [0.4, 0.5) is 10.1 Å². The summed E-state index contributed by atoms with van der Waals surface area (Å²) in [4.78, 5) is 18.9. The van der Waals surface area contributed by atoms with Crippen LogP contribution in [0.15, 0.2) is 24.3 Å². The highest BCUT2D eigenvalue weighted by Crippen LogP contribution is 2.28. The van der Waals surface area contributed by atoms with Crippen molar-refractivity contribution in [2.24, 2.45) is 0 Å². The van der Waals surface area contributed by atoms with Crippen molar-refractivity contribution in [3.8, 4) is 0 Å². The monoisotopic (exact) mass is 343 g/mol. The Morgan fingerprint density at radius 1 is 1.24 bits per heavy atom. The molecule has 2 aliphatic rings. The molecule has 1 amide bonds. The molecule has 7 heteroatoms. The first kappa shape index (κ1) is 16.2. The molecule has 2 aliphatic heterocycles. The van der Waals surface area contributed by atoms with Crippen LogP contribution in [-0.4, -0.2) is 33.3 Å². The third-order valence-corrected chi connectivity index (χ3v) is 4.99. The second-order valence-corrected chi connectivity index (χ2v) is 6.61. The van der Waals surface area contributed by atoms with Crippen molar-refractivity contribution in [2.45, 2.75) is 51.2 Å². The normalized spacial score (nSPS) is 23.1. The van der Waals surface area contributed by atoms with Crippen LogP contribution in [0.5, 0.6) is 0 Å². The summed E-state index contributed by atoms with van der Waals surface area (Å²) in [5.41, 5.74) is 0.358. The molecule has 1 aromatic carbocycles. The Hall–Kier alpha value is -2.28. The first-order chi connectivity index (χ1) is 12.2. The van der Waals surface area contributed by atoms with Crippen molar-refractivity contribution >= 4 is 11.6 Å². The number of carbonyl (C=O) groups excluding carboxylic acids is 1. The van der Waals surface area contributed by atoms with Gasteiger partial charge >= 0.3 is 0 Å². The van der Waals surface area contributed by atoms with E-state index in [9.17, 15) is 9.18 Å². The first-order valence-electron chi connectivity index (χ1n) is 8.93. The van der Waals surface area contributed by atoms with Crippen molar-refractivity contribution in [1.29, 1.82) is 0 Å². The Morgan fingerprint density at radius 3 is 2.88 bits per heavy atom. The standard InChI is InChI=1S/C18H22FN5O/c1-2-16-21-17-13(7-5-10-24(17)22-16)20-14-9-11-23(18(14)25)15-8-4-3-6-12(15)19/h3-4,6,8,13-14,20H,2,5,7,9-11H2,1H3/t13-,14+/m0/s1. The highest BCUT2D eigenvalue weighted by molar-refractivity contribution is 5.99. The first-order valence-corrected chi connectivity index (χ1v) is 8.93. The molecule has 0 unspecified atom stereocenters. The molecule has 3 heterocycles. The number of fused-ring (bicyclic) bond motifs is 1. The Bertz CT molecular complexity index is 790. The Labute approximate surface area is 146 Å². The van der Waals surface area contributed by atoms with Gasteiger partial charge in [0.2, 0.25) is 5.91 Å². The summed E-state index contributed by atoms with van der Waals surface area (Å²) in [5, 5.41) is 7.95. The van der Waals surface area contributed by atoms with Gasteiger partial charge in [-0.2, -0.15) is 5.10 Å². The molecule has 0 bridgehead atoms. The highest BCUT2D eigenvalue weighted by atomic mass is 19.1. The fourth-order valence-electron chi connectivity index (χ4n) is 3.69. The van der Waals surface area contributed by atoms with E-state index in [1.807, 2.05) is 11.6 Å². The van der Waals surface area contributed by atoms with Crippen LogP contribution in [-0.2, 0) is 17.8 Å². The van der Waals surface area contributed by atoms with Gasteiger partial charge in [0.1, 0.15) is 11.6 Å². The average molecular weight is 343 g/mol. The van der Waals surface area contributed by atoms with Crippen molar-refractivity contribution in [3.63, 3.8) is 0 Å². The van der Waals surface area contributed by atoms with Gasteiger partial charge in [-0.1, -0.05) is 19.1 Å². The Balaban J connectivity index is 1.51. The Kier molecular flexibility index (Phi) is 4.25. The van der Waals surface area contributed by atoms with Gasteiger partial charge < -0.3 is 4.90 Å². The molecule has 0 spiro atoms. The van der Waals surface area contributed by atoms with Gasteiger partial charge in [0, 0.05) is 19.5 Å². The van der Waals surface area contributed by atoms with Crippen LogP contribution < -0.4 is 10.2 Å². The average Bonchev–Trinajstić information content (AvgIpc) is 3.20. The second kappa shape index (κ2) is 6.55. The number of anilines is 1. The van der Waals surface area contributed by atoms with Crippen LogP contribution in [0.2, 0.25) is 0 Å². The van der Waals surface area contributed by atoms with E-state index in [0.717, 1.165) is 37.5 Å². The minimum atomic E-state index is -0.360. The molecule has 4 rings (SSSR count). The lowest BCUT2D eigenvalue weighted by Gasteiger charge is -2.26. The molecule has 6 nitrogen and oxygen atoms in total. The molecule has 2 atom stereocenters. The summed E-state index contributed by atoms with van der Waals surface area (Å²) in [6.07, 6.45) is 3.41. The van der Waals surface area contributed by atoms with Gasteiger partial charge in [-0.25, -0.2) is 14.1 Å². The molecule has 2 aromatic rings. The molecule has 0 saturated carbocycles. The van der Waals surface area contributed by atoms with Crippen LogP contribution in [0.1, 0.15) is 43.9 Å². The maximum atomic E-state index is 14.0. The number of carbonyl (C=O) groups is 1. The van der Waals surface area contributed by atoms with Crippen LogP contribution in [0.3, 0.4) is 0 Å². The summed E-state index contributed by atoms with van der Waals surface area (Å²) in [5.74, 6) is 1.33. The minimum Gasteiger partial charge on any atom is -0.308 e. The number of halogens is 1. The number of benzene rings is 1. The van der Waals surface area contributed by atoms with Gasteiger partial charge in [0.05, 0.1) is 17.8 Å². The predicted molar refractivity (Wildman–Crippen MR) is 91.7 cm³/mol. The molecule has 25 heavy (non-hydrogen) atoms. The summed E-state index contributed by atoms with van der Waals surface area (Å²) < 4.78 is 16.0. The van der Waals surface area contributed by atoms with Crippen LogP contribution >= 0.6 is 0 Å². The van der Waals surface area contributed by atoms with E-state index in [4.69, 9.17) is 0 Å². The summed E-state index contributed by atoms with van der Waals surface area (Å²) >= 11 is 0. The predicted octanol–water partition coefficient (Wildman–Crippen LogP) is 2.21. The number of aromatic nitrogens is 3. The van der Waals surface area contributed by atoms with Crippen LogP contribution in [0, 0.1) is 5.82 Å². The number of aryl methyl sites for hydroxylation is 2. The molecule has 0 radical (unpaired) electrons. The van der Waals surface area contributed by atoms with Crippen molar-refractivity contribution in [2.75, 3.05) is 11.4 Å². The molecular weight excluding hydrogens is 321 g/mol. The second-order valence-electron chi connectivity index (χ2n) is 6.61. The molecular formula is C18H22FN5O. The van der Waals surface area contributed by atoms with E-state index in [1.165, 1.54) is 11.0 Å².